The first-order valence-corrected chi connectivity index (χ1v) is 10.1. The molecule has 0 fully saturated rings. The molecule has 130 valence electrons. The number of ketones is 1. The fourth-order valence-electron chi connectivity index (χ4n) is 3.26. The maximum atomic E-state index is 14.2. The predicted molar refractivity (Wildman–Crippen MR) is 99.5 cm³/mol. The van der Waals surface area contributed by atoms with Gasteiger partial charge in [-0.3, -0.25) is 4.79 Å². The first-order chi connectivity index (χ1) is 12.6. The Morgan fingerprint density at radius 3 is 2.04 bits per heavy atom. The Morgan fingerprint density at radius 2 is 1.46 bits per heavy atom. The van der Waals surface area contributed by atoms with Crippen LogP contribution in [0.15, 0.2) is 78.9 Å². The Kier molecular flexibility index (Phi) is 4.21. The second kappa shape index (κ2) is 6.54. The average Bonchev–Trinajstić information content (AvgIpc) is 2.68. The number of fused-ring (bicyclic) bond motifs is 1. The van der Waals surface area contributed by atoms with Crippen LogP contribution in [-0.2, 0) is 4.57 Å². The number of Topliss-reactive ketones (excluding diaryl/α,β-unsaturated/α-hetero) is 1. The zero-order chi connectivity index (χ0) is 18.1. The molecule has 1 aliphatic rings. The van der Waals surface area contributed by atoms with E-state index in [1.807, 2.05) is 36.4 Å². The summed E-state index contributed by atoms with van der Waals surface area (Å²) in [6, 6.07) is 21.9. The molecular weight excluding hydrogens is 350 g/mol. The van der Waals surface area contributed by atoms with Gasteiger partial charge in [0.05, 0.1) is 12.0 Å². The molecule has 0 bridgehead atoms. The maximum Gasteiger partial charge on any atom is 0.182 e. The van der Waals surface area contributed by atoms with Crippen LogP contribution in [0.3, 0.4) is 0 Å². The van der Waals surface area contributed by atoms with Crippen molar-refractivity contribution in [2.75, 3.05) is 0 Å². The lowest BCUT2D eigenvalue weighted by Crippen LogP contribution is -2.34. The van der Waals surface area contributed by atoms with Gasteiger partial charge in [0.25, 0.3) is 0 Å². The van der Waals surface area contributed by atoms with Crippen molar-refractivity contribution in [1.29, 1.82) is 0 Å². The van der Waals surface area contributed by atoms with E-state index in [1.165, 1.54) is 18.2 Å². The van der Waals surface area contributed by atoms with Gasteiger partial charge in [-0.1, -0.05) is 60.7 Å². The highest BCUT2D eigenvalue weighted by Gasteiger charge is 2.42. The third-order valence-electron chi connectivity index (χ3n) is 4.55. The number of carbonyl (C=O) groups excluding carboxylic acids is 1. The minimum Gasteiger partial charge on any atom is -0.481 e. The van der Waals surface area contributed by atoms with Crippen LogP contribution in [0.25, 0.3) is 0 Å². The topological polar surface area (TPSA) is 43.4 Å². The fraction of sp³-hybridized carbons (Fsp3) is 0.0952. The highest BCUT2D eigenvalue weighted by molar-refractivity contribution is 7.79. The number of rotatable bonds is 3. The lowest BCUT2D eigenvalue weighted by molar-refractivity contribution is 0.0911. The van der Waals surface area contributed by atoms with E-state index in [0.29, 0.717) is 16.2 Å². The SMILES string of the molecule is O=C1CC(P(=O)(c2ccccc2)c2ccccc2)Oc2cc(F)ccc21. The molecule has 3 aromatic carbocycles. The smallest absolute Gasteiger partial charge is 0.182 e. The first kappa shape index (κ1) is 16.7. The van der Waals surface area contributed by atoms with E-state index in [0.717, 1.165) is 0 Å². The number of hydrogen-bond acceptors (Lipinski definition) is 3. The molecule has 0 saturated carbocycles. The van der Waals surface area contributed by atoms with E-state index in [2.05, 4.69) is 0 Å². The monoisotopic (exact) mass is 366 g/mol. The van der Waals surface area contributed by atoms with Crippen LogP contribution in [0.4, 0.5) is 4.39 Å². The quantitative estimate of drug-likeness (QED) is 0.655. The summed E-state index contributed by atoms with van der Waals surface area (Å²) in [6.45, 7) is 0. The number of ether oxygens (including phenoxy) is 1. The minimum absolute atomic E-state index is 0.0142. The molecule has 1 atom stereocenters. The summed E-state index contributed by atoms with van der Waals surface area (Å²) in [6.07, 6.45) is -0.0142. The lowest BCUT2D eigenvalue weighted by Gasteiger charge is -2.32. The van der Waals surface area contributed by atoms with E-state index in [9.17, 15) is 13.8 Å². The largest absolute Gasteiger partial charge is 0.481 e. The number of halogens is 1. The van der Waals surface area contributed by atoms with Gasteiger partial charge < -0.3 is 9.30 Å². The van der Waals surface area contributed by atoms with E-state index >= 15 is 0 Å². The van der Waals surface area contributed by atoms with Crippen LogP contribution < -0.4 is 15.3 Å². The zero-order valence-corrected chi connectivity index (χ0v) is 14.7. The molecule has 3 aromatic rings. The molecule has 0 amide bonds. The molecule has 26 heavy (non-hydrogen) atoms. The van der Waals surface area contributed by atoms with Crippen LogP contribution in [0, 0.1) is 5.82 Å². The molecule has 1 heterocycles. The third-order valence-corrected chi connectivity index (χ3v) is 7.78. The molecule has 4 rings (SSSR count). The van der Waals surface area contributed by atoms with Gasteiger partial charge in [-0.15, -0.1) is 0 Å². The van der Waals surface area contributed by atoms with Crippen LogP contribution in [0.2, 0.25) is 0 Å². The average molecular weight is 366 g/mol. The summed E-state index contributed by atoms with van der Waals surface area (Å²) >= 11 is 0. The lowest BCUT2D eigenvalue weighted by atomic mass is 10.1. The van der Waals surface area contributed by atoms with Crippen LogP contribution in [0.5, 0.6) is 5.75 Å². The van der Waals surface area contributed by atoms with Crippen molar-refractivity contribution in [3.8, 4) is 5.75 Å². The molecule has 1 unspecified atom stereocenters. The van der Waals surface area contributed by atoms with Crippen molar-refractivity contribution in [3.05, 3.63) is 90.2 Å². The Morgan fingerprint density at radius 1 is 0.885 bits per heavy atom. The number of benzene rings is 3. The van der Waals surface area contributed by atoms with Crippen LogP contribution in [-0.4, -0.2) is 11.6 Å². The van der Waals surface area contributed by atoms with Crippen molar-refractivity contribution in [2.45, 2.75) is 12.3 Å². The molecule has 5 heteroatoms. The van der Waals surface area contributed by atoms with E-state index in [4.69, 9.17) is 4.74 Å². The normalized spacial score (nSPS) is 16.7. The minimum atomic E-state index is -3.27. The zero-order valence-electron chi connectivity index (χ0n) is 13.8. The van der Waals surface area contributed by atoms with Crippen molar-refractivity contribution in [2.24, 2.45) is 0 Å². The Balaban J connectivity index is 1.86. The summed E-state index contributed by atoms with van der Waals surface area (Å²) in [5.74, 6) is -1.40. The van der Waals surface area contributed by atoms with E-state index < -0.39 is 18.8 Å². The summed E-state index contributed by atoms with van der Waals surface area (Å²) in [4.78, 5) is 12.6. The van der Waals surface area contributed by atoms with Gasteiger partial charge in [0, 0.05) is 16.7 Å². The number of hydrogen-bond donors (Lipinski definition) is 0. The van der Waals surface area contributed by atoms with Gasteiger partial charge >= 0.3 is 0 Å². The predicted octanol–water partition coefficient (Wildman–Crippen LogP) is 4.13. The number of carbonyl (C=O) groups is 1. The van der Waals surface area contributed by atoms with Gasteiger partial charge in [0.2, 0.25) is 0 Å². The van der Waals surface area contributed by atoms with Crippen molar-refractivity contribution in [1.82, 2.24) is 0 Å². The van der Waals surface area contributed by atoms with Gasteiger partial charge in [0.15, 0.2) is 18.8 Å². The molecule has 3 nitrogen and oxygen atoms in total. The second-order valence-corrected chi connectivity index (χ2v) is 9.09. The summed E-state index contributed by atoms with van der Waals surface area (Å²) in [5, 5.41) is 1.23. The van der Waals surface area contributed by atoms with Gasteiger partial charge in [-0.05, 0) is 12.1 Å². The van der Waals surface area contributed by atoms with Crippen molar-refractivity contribution in [3.63, 3.8) is 0 Å². The van der Waals surface area contributed by atoms with Crippen molar-refractivity contribution >= 4 is 23.5 Å². The molecule has 0 spiro atoms. The second-order valence-electron chi connectivity index (χ2n) is 6.17. The van der Waals surface area contributed by atoms with Crippen molar-refractivity contribution < 1.29 is 18.5 Å². The maximum absolute atomic E-state index is 14.2. The highest BCUT2D eigenvalue weighted by atomic mass is 31.2. The van der Waals surface area contributed by atoms with E-state index in [-0.39, 0.29) is 18.0 Å². The fourth-order valence-corrected chi connectivity index (χ4v) is 6.14. The Hall–Kier alpha value is -2.71. The molecular formula is C21H16FO3P. The molecule has 0 radical (unpaired) electrons. The Labute approximate surface area is 150 Å². The third kappa shape index (κ3) is 2.77. The van der Waals surface area contributed by atoms with Crippen LogP contribution in [0.1, 0.15) is 16.8 Å². The first-order valence-electron chi connectivity index (χ1n) is 8.29. The van der Waals surface area contributed by atoms with Gasteiger partial charge in [-0.2, -0.15) is 0 Å². The van der Waals surface area contributed by atoms with Crippen LogP contribution >= 0.6 is 7.14 Å². The molecule has 0 aromatic heterocycles. The molecule has 0 saturated heterocycles. The molecule has 1 aliphatic heterocycles. The van der Waals surface area contributed by atoms with Gasteiger partial charge in [-0.25, -0.2) is 4.39 Å². The standard InChI is InChI=1S/C21H16FO3P/c22-15-11-12-18-19(23)14-21(25-20(18)13-15)26(24,16-7-3-1-4-8-16)17-9-5-2-6-10-17/h1-13,21H,14H2. The molecule has 0 aliphatic carbocycles. The van der Waals surface area contributed by atoms with Gasteiger partial charge in [0.1, 0.15) is 11.6 Å². The molecule has 0 N–H and O–H groups in total. The van der Waals surface area contributed by atoms with E-state index in [1.54, 1.807) is 24.3 Å². The Bertz CT molecular complexity index is 959. The summed E-state index contributed by atoms with van der Waals surface area (Å²) < 4.78 is 33.8. The summed E-state index contributed by atoms with van der Waals surface area (Å²) in [5.41, 5.74) is 0.329. The summed E-state index contributed by atoms with van der Waals surface area (Å²) in [7, 11) is -3.27. The highest BCUT2D eigenvalue weighted by Crippen LogP contribution is 2.52.